The SMILES string of the molecule is CCNC(Cc1cccc(Cl)c1F)C1CCCC1(C)C. The topological polar surface area (TPSA) is 12.0 Å². The first kappa shape index (κ1) is 15.8. The van der Waals surface area contributed by atoms with Crippen LogP contribution in [0.3, 0.4) is 0 Å². The van der Waals surface area contributed by atoms with Crippen LogP contribution in [0, 0.1) is 17.2 Å². The third kappa shape index (κ3) is 3.35. The summed E-state index contributed by atoms with van der Waals surface area (Å²) in [5, 5.41) is 3.79. The average Bonchev–Trinajstić information content (AvgIpc) is 2.74. The number of nitrogens with one attached hydrogen (secondary N) is 1. The van der Waals surface area contributed by atoms with E-state index in [4.69, 9.17) is 11.6 Å². The molecule has 0 aromatic heterocycles. The first-order chi connectivity index (χ1) is 9.45. The first-order valence-electron chi connectivity index (χ1n) is 7.62. The smallest absolute Gasteiger partial charge is 0.145 e. The van der Waals surface area contributed by atoms with Crippen molar-refractivity contribution in [3.05, 3.63) is 34.6 Å². The lowest BCUT2D eigenvalue weighted by molar-refractivity contribution is 0.196. The van der Waals surface area contributed by atoms with Gasteiger partial charge < -0.3 is 5.32 Å². The summed E-state index contributed by atoms with van der Waals surface area (Å²) >= 11 is 5.89. The van der Waals surface area contributed by atoms with Crippen LogP contribution in [0.25, 0.3) is 0 Å². The molecular weight excluding hydrogens is 273 g/mol. The highest BCUT2D eigenvalue weighted by atomic mass is 35.5. The minimum Gasteiger partial charge on any atom is -0.314 e. The summed E-state index contributed by atoms with van der Waals surface area (Å²) in [5.41, 5.74) is 1.06. The molecule has 1 saturated carbocycles. The molecule has 2 unspecified atom stereocenters. The van der Waals surface area contributed by atoms with Crippen molar-refractivity contribution < 1.29 is 4.39 Å². The Balaban J connectivity index is 2.19. The first-order valence-corrected chi connectivity index (χ1v) is 7.99. The number of halogens is 2. The lowest BCUT2D eigenvalue weighted by Crippen LogP contribution is -2.42. The van der Waals surface area contributed by atoms with Crippen LogP contribution in [0.15, 0.2) is 18.2 Å². The Kier molecular flexibility index (Phi) is 5.09. The molecular formula is C17H25ClFN. The zero-order chi connectivity index (χ0) is 14.8. The van der Waals surface area contributed by atoms with Crippen LogP contribution in [0.4, 0.5) is 4.39 Å². The maximum absolute atomic E-state index is 14.1. The largest absolute Gasteiger partial charge is 0.314 e. The third-order valence-corrected chi connectivity index (χ3v) is 5.06. The van der Waals surface area contributed by atoms with Crippen molar-refractivity contribution in [1.82, 2.24) is 5.32 Å². The molecule has 1 N–H and O–H groups in total. The molecule has 0 aliphatic heterocycles. The van der Waals surface area contributed by atoms with E-state index in [9.17, 15) is 4.39 Å². The minimum absolute atomic E-state index is 0.225. The van der Waals surface area contributed by atoms with Crippen molar-refractivity contribution in [2.45, 2.75) is 52.5 Å². The summed E-state index contributed by atoms with van der Waals surface area (Å²) in [6, 6.07) is 5.63. The molecule has 1 aliphatic carbocycles. The van der Waals surface area contributed by atoms with Crippen LogP contribution in [-0.4, -0.2) is 12.6 Å². The Morgan fingerprint density at radius 3 is 2.80 bits per heavy atom. The van der Waals surface area contributed by atoms with E-state index < -0.39 is 0 Å². The van der Waals surface area contributed by atoms with E-state index in [1.165, 1.54) is 19.3 Å². The summed E-state index contributed by atoms with van der Waals surface area (Å²) in [6.07, 6.45) is 4.48. The second-order valence-electron chi connectivity index (χ2n) is 6.57. The van der Waals surface area contributed by atoms with Gasteiger partial charge in [-0.3, -0.25) is 0 Å². The van der Waals surface area contributed by atoms with Crippen LogP contribution in [0.5, 0.6) is 0 Å². The van der Waals surface area contributed by atoms with Crippen molar-refractivity contribution in [3.63, 3.8) is 0 Å². The molecule has 112 valence electrons. The van der Waals surface area contributed by atoms with E-state index >= 15 is 0 Å². The Bertz CT molecular complexity index is 458. The average molecular weight is 298 g/mol. The molecule has 0 heterocycles. The van der Waals surface area contributed by atoms with E-state index in [2.05, 4.69) is 26.1 Å². The van der Waals surface area contributed by atoms with Gasteiger partial charge in [-0.05, 0) is 48.8 Å². The molecule has 0 radical (unpaired) electrons. The molecule has 3 heteroatoms. The van der Waals surface area contributed by atoms with Crippen LogP contribution in [0.1, 0.15) is 45.6 Å². The van der Waals surface area contributed by atoms with Gasteiger partial charge in [0, 0.05) is 6.04 Å². The Labute approximate surface area is 126 Å². The fourth-order valence-corrected chi connectivity index (χ4v) is 3.86. The van der Waals surface area contributed by atoms with E-state index in [1.54, 1.807) is 6.07 Å². The highest BCUT2D eigenvalue weighted by molar-refractivity contribution is 6.30. The minimum atomic E-state index is -0.257. The van der Waals surface area contributed by atoms with Gasteiger partial charge in [-0.25, -0.2) is 4.39 Å². The van der Waals surface area contributed by atoms with Crippen molar-refractivity contribution >= 4 is 11.6 Å². The van der Waals surface area contributed by atoms with Crippen molar-refractivity contribution in [3.8, 4) is 0 Å². The summed E-state index contributed by atoms with van der Waals surface area (Å²) in [6.45, 7) is 7.70. The fourth-order valence-electron chi connectivity index (χ4n) is 3.66. The molecule has 0 bridgehead atoms. The number of likely N-dealkylation sites (N-methyl/N-ethyl adjacent to an activating group) is 1. The second-order valence-corrected chi connectivity index (χ2v) is 6.98. The molecule has 2 atom stereocenters. The highest BCUT2D eigenvalue weighted by Gasteiger charge is 2.39. The van der Waals surface area contributed by atoms with Gasteiger partial charge in [0.1, 0.15) is 5.82 Å². The molecule has 1 aromatic carbocycles. The Morgan fingerprint density at radius 2 is 2.20 bits per heavy atom. The monoisotopic (exact) mass is 297 g/mol. The summed E-state index contributed by atoms with van der Waals surface area (Å²) < 4.78 is 14.1. The third-order valence-electron chi connectivity index (χ3n) is 4.76. The predicted octanol–water partition coefficient (Wildman–Crippen LogP) is 4.83. The van der Waals surface area contributed by atoms with Crippen molar-refractivity contribution in [2.24, 2.45) is 11.3 Å². The van der Waals surface area contributed by atoms with Gasteiger partial charge in [0.15, 0.2) is 0 Å². The molecule has 0 spiro atoms. The number of hydrogen-bond donors (Lipinski definition) is 1. The van der Waals surface area contributed by atoms with E-state index in [0.29, 0.717) is 23.8 Å². The lowest BCUT2D eigenvalue weighted by atomic mass is 9.76. The predicted molar refractivity (Wildman–Crippen MR) is 83.7 cm³/mol. The molecule has 1 fully saturated rings. The van der Waals surface area contributed by atoms with Gasteiger partial charge in [-0.1, -0.05) is 50.9 Å². The molecule has 1 aliphatic rings. The summed E-state index contributed by atoms with van der Waals surface area (Å²) in [5.74, 6) is 0.341. The molecule has 1 aromatic rings. The van der Waals surface area contributed by atoms with Gasteiger partial charge in [0.2, 0.25) is 0 Å². The number of benzene rings is 1. The number of hydrogen-bond acceptors (Lipinski definition) is 1. The quantitative estimate of drug-likeness (QED) is 0.821. The van der Waals surface area contributed by atoms with Gasteiger partial charge in [-0.15, -0.1) is 0 Å². The normalized spacial score (nSPS) is 22.9. The second kappa shape index (κ2) is 6.44. The zero-order valence-corrected chi connectivity index (χ0v) is 13.4. The van der Waals surface area contributed by atoms with Gasteiger partial charge >= 0.3 is 0 Å². The molecule has 1 nitrogen and oxygen atoms in total. The highest BCUT2D eigenvalue weighted by Crippen LogP contribution is 2.45. The molecule has 20 heavy (non-hydrogen) atoms. The summed E-state index contributed by atoms with van der Waals surface area (Å²) in [7, 11) is 0. The van der Waals surface area contributed by atoms with Gasteiger partial charge in [0.25, 0.3) is 0 Å². The molecule has 2 rings (SSSR count). The van der Waals surface area contributed by atoms with Crippen LogP contribution in [0.2, 0.25) is 5.02 Å². The molecule has 0 amide bonds. The number of rotatable bonds is 5. The fraction of sp³-hybridized carbons (Fsp3) is 0.647. The van der Waals surface area contributed by atoms with E-state index in [0.717, 1.165) is 12.1 Å². The maximum Gasteiger partial charge on any atom is 0.145 e. The van der Waals surface area contributed by atoms with Crippen LogP contribution in [-0.2, 0) is 6.42 Å². The van der Waals surface area contributed by atoms with Crippen LogP contribution >= 0.6 is 11.6 Å². The lowest BCUT2D eigenvalue weighted by Gasteiger charge is -2.35. The molecule has 0 saturated heterocycles. The van der Waals surface area contributed by atoms with Crippen molar-refractivity contribution in [2.75, 3.05) is 6.54 Å². The van der Waals surface area contributed by atoms with Gasteiger partial charge in [-0.2, -0.15) is 0 Å². The van der Waals surface area contributed by atoms with Gasteiger partial charge in [0.05, 0.1) is 5.02 Å². The Morgan fingerprint density at radius 1 is 1.45 bits per heavy atom. The Hall–Kier alpha value is -0.600. The maximum atomic E-state index is 14.1. The zero-order valence-electron chi connectivity index (χ0n) is 12.7. The van der Waals surface area contributed by atoms with Crippen LogP contribution < -0.4 is 5.32 Å². The van der Waals surface area contributed by atoms with E-state index in [1.807, 2.05) is 12.1 Å². The van der Waals surface area contributed by atoms with Crippen molar-refractivity contribution in [1.29, 1.82) is 0 Å². The van der Waals surface area contributed by atoms with E-state index in [-0.39, 0.29) is 10.8 Å². The summed E-state index contributed by atoms with van der Waals surface area (Å²) in [4.78, 5) is 0. The standard InChI is InChI=1S/C17H25ClFN/c1-4-20-15(13-8-6-10-17(13,2)3)11-12-7-5-9-14(18)16(12)19/h5,7,9,13,15,20H,4,6,8,10-11H2,1-3H3.